The van der Waals surface area contributed by atoms with Gasteiger partial charge in [0, 0.05) is 0 Å². The molecule has 0 saturated heterocycles. The van der Waals surface area contributed by atoms with Gasteiger partial charge in [0.2, 0.25) is 0 Å². The van der Waals surface area contributed by atoms with Gasteiger partial charge in [-0.25, -0.2) is 8.78 Å². The highest BCUT2D eigenvalue weighted by Gasteiger charge is 2.29. The molecule has 2 heteroatoms. The first kappa shape index (κ1) is 15.0. The van der Waals surface area contributed by atoms with E-state index in [1.165, 1.54) is 51.4 Å². The maximum Gasteiger partial charge on any atom is 0.162 e. The minimum atomic E-state index is -0.660. The zero-order chi connectivity index (χ0) is 14.8. The monoisotopic (exact) mass is 292 g/mol. The van der Waals surface area contributed by atoms with E-state index in [-0.39, 0.29) is 0 Å². The second-order valence-electron chi connectivity index (χ2n) is 7.20. The van der Waals surface area contributed by atoms with E-state index in [2.05, 4.69) is 0 Å². The van der Waals surface area contributed by atoms with Crippen LogP contribution >= 0.6 is 0 Å². The first-order valence-corrected chi connectivity index (χ1v) is 8.58. The Morgan fingerprint density at radius 1 is 0.857 bits per heavy atom. The van der Waals surface area contributed by atoms with Gasteiger partial charge in [-0.2, -0.15) is 0 Å². The third-order valence-corrected chi connectivity index (χ3v) is 5.82. The lowest BCUT2D eigenvalue weighted by Gasteiger charge is -2.32. The Hall–Kier alpha value is -0.920. The summed E-state index contributed by atoms with van der Waals surface area (Å²) in [4.78, 5) is 0. The van der Waals surface area contributed by atoms with Gasteiger partial charge in [0.1, 0.15) is 0 Å². The standard InChI is InChI=1S/C19H26F2/c1-13-6-9-17(19(21)18(13)20)12-14-7-10-16(11-8-14)15-4-2-3-5-15/h6,9,14-16H,2-5,7-8,10-12H2,1H3. The third kappa shape index (κ3) is 3.30. The molecule has 0 spiro atoms. The van der Waals surface area contributed by atoms with Crippen LogP contribution in [0.3, 0.4) is 0 Å². The van der Waals surface area contributed by atoms with Crippen LogP contribution in [0.5, 0.6) is 0 Å². The molecule has 0 amide bonds. The molecule has 2 aliphatic carbocycles. The Balaban J connectivity index is 1.57. The molecule has 2 fully saturated rings. The minimum Gasteiger partial charge on any atom is -0.203 e. The molecule has 0 bridgehead atoms. The molecule has 2 aliphatic rings. The fourth-order valence-electron chi connectivity index (χ4n) is 4.45. The summed E-state index contributed by atoms with van der Waals surface area (Å²) in [5.74, 6) is 1.13. The van der Waals surface area contributed by atoms with Crippen molar-refractivity contribution in [2.45, 2.75) is 64.7 Å². The summed E-state index contributed by atoms with van der Waals surface area (Å²) in [5, 5.41) is 0. The largest absolute Gasteiger partial charge is 0.203 e. The Labute approximate surface area is 126 Å². The van der Waals surface area contributed by atoms with Crippen LogP contribution in [0.2, 0.25) is 0 Å². The number of hydrogen-bond acceptors (Lipinski definition) is 0. The molecule has 0 aromatic heterocycles. The third-order valence-electron chi connectivity index (χ3n) is 5.82. The van der Waals surface area contributed by atoms with Crippen molar-refractivity contribution in [3.8, 4) is 0 Å². The lowest BCUT2D eigenvalue weighted by atomic mass is 9.73. The Bertz CT molecular complexity index is 481. The summed E-state index contributed by atoms with van der Waals surface area (Å²) in [5.41, 5.74) is 0.976. The summed E-state index contributed by atoms with van der Waals surface area (Å²) in [6.45, 7) is 1.62. The van der Waals surface area contributed by atoms with Crippen molar-refractivity contribution in [3.63, 3.8) is 0 Å². The molecule has 21 heavy (non-hydrogen) atoms. The van der Waals surface area contributed by atoms with Crippen molar-refractivity contribution in [2.24, 2.45) is 17.8 Å². The Morgan fingerprint density at radius 3 is 2.14 bits per heavy atom. The number of benzene rings is 1. The number of halogens is 2. The summed E-state index contributed by atoms with van der Waals surface area (Å²) >= 11 is 0. The average Bonchev–Trinajstić information content (AvgIpc) is 3.03. The van der Waals surface area contributed by atoms with E-state index in [0.29, 0.717) is 23.5 Å². The molecule has 116 valence electrons. The lowest BCUT2D eigenvalue weighted by Crippen LogP contribution is -2.21. The SMILES string of the molecule is Cc1ccc(CC2CCC(C3CCCC3)CC2)c(F)c1F. The van der Waals surface area contributed by atoms with Crippen LogP contribution in [0, 0.1) is 36.3 Å². The second kappa shape index (κ2) is 6.46. The van der Waals surface area contributed by atoms with Gasteiger partial charge in [-0.15, -0.1) is 0 Å². The predicted molar refractivity (Wildman–Crippen MR) is 82.2 cm³/mol. The van der Waals surface area contributed by atoms with Crippen molar-refractivity contribution in [1.82, 2.24) is 0 Å². The van der Waals surface area contributed by atoms with E-state index >= 15 is 0 Å². The summed E-state index contributed by atoms with van der Waals surface area (Å²) in [6, 6.07) is 3.48. The molecular weight excluding hydrogens is 266 g/mol. The van der Waals surface area contributed by atoms with Crippen LogP contribution in [0.4, 0.5) is 8.78 Å². The van der Waals surface area contributed by atoms with Crippen molar-refractivity contribution >= 4 is 0 Å². The molecule has 1 aromatic rings. The van der Waals surface area contributed by atoms with Crippen molar-refractivity contribution < 1.29 is 8.78 Å². The minimum absolute atomic E-state index is 0.404. The molecule has 0 nitrogen and oxygen atoms in total. The zero-order valence-electron chi connectivity index (χ0n) is 13.0. The number of hydrogen-bond donors (Lipinski definition) is 0. The van der Waals surface area contributed by atoms with Gasteiger partial charge < -0.3 is 0 Å². The number of rotatable bonds is 3. The molecule has 0 unspecified atom stereocenters. The lowest BCUT2D eigenvalue weighted by molar-refractivity contribution is 0.204. The van der Waals surface area contributed by atoms with Crippen LogP contribution < -0.4 is 0 Å². The molecule has 0 N–H and O–H groups in total. The molecule has 2 saturated carbocycles. The highest BCUT2D eigenvalue weighted by molar-refractivity contribution is 5.25. The summed E-state index contributed by atoms with van der Waals surface area (Å²) in [6.07, 6.45) is 11.4. The first-order valence-electron chi connectivity index (χ1n) is 8.58. The van der Waals surface area contributed by atoms with E-state index in [0.717, 1.165) is 11.8 Å². The molecule has 0 heterocycles. The topological polar surface area (TPSA) is 0 Å². The van der Waals surface area contributed by atoms with Crippen LogP contribution in [-0.4, -0.2) is 0 Å². The fraction of sp³-hybridized carbons (Fsp3) is 0.684. The molecule has 0 radical (unpaired) electrons. The van der Waals surface area contributed by atoms with E-state index in [4.69, 9.17) is 0 Å². The van der Waals surface area contributed by atoms with E-state index in [1.807, 2.05) is 0 Å². The summed E-state index contributed by atoms with van der Waals surface area (Å²) < 4.78 is 27.6. The zero-order valence-corrected chi connectivity index (χ0v) is 13.0. The van der Waals surface area contributed by atoms with Crippen LogP contribution in [-0.2, 0) is 6.42 Å². The molecular formula is C19H26F2. The molecule has 3 rings (SSSR count). The Morgan fingerprint density at radius 2 is 1.48 bits per heavy atom. The molecule has 1 aromatic carbocycles. The quantitative estimate of drug-likeness (QED) is 0.659. The van der Waals surface area contributed by atoms with E-state index in [9.17, 15) is 8.78 Å². The smallest absolute Gasteiger partial charge is 0.162 e. The van der Waals surface area contributed by atoms with Gasteiger partial charge >= 0.3 is 0 Å². The normalized spacial score (nSPS) is 27.2. The maximum atomic E-state index is 14.0. The van der Waals surface area contributed by atoms with Gasteiger partial charge in [-0.1, -0.05) is 37.8 Å². The van der Waals surface area contributed by atoms with Crippen molar-refractivity contribution in [1.29, 1.82) is 0 Å². The van der Waals surface area contributed by atoms with Gasteiger partial charge in [-0.05, 0) is 67.9 Å². The van der Waals surface area contributed by atoms with Crippen molar-refractivity contribution in [3.05, 3.63) is 34.9 Å². The van der Waals surface area contributed by atoms with Crippen LogP contribution in [0.1, 0.15) is 62.5 Å². The highest BCUT2D eigenvalue weighted by Crippen LogP contribution is 2.41. The number of aryl methyl sites for hydroxylation is 1. The first-order chi connectivity index (χ1) is 10.1. The molecule has 0 aliphatic heterocycles. The van der Waals surface area contributed by atoms with Gasteiger partial charge in [0.15, 0.2) is 11.6 Å². The van der Waals surface area contributed by atoms with Gasteiger partial charge in [0.05, 0.1) is 0 Å². The maximum absolute atomic E-state index is 14.0. The van der Waals surface area contributed by atoms with E-state index < -0.39 is 11.6 Å². The van der Waals surface area contributed by atoms with Gasteiger partial charge in [-0.3, -0.25) is 0 Å². The van der Waals surface area contributed by atoms with Crippen LogP contribution in [0.25, 0.3) is 0 Å². The molecule has 0 atom stereocenters. The Kier molecular flexibility index (Phi) is 4.61. The van der Waals surface area contributed by atoms with Crippen molar-refractivity contribution in [2.75, 3.05) is 0 Å². The van der Waals surface area contributed by atoms with Crippen LogP contribution in [0.15, 0.2) is 12.1 Å². The predicted octanol–water partition coefficient (Wildman–Crippen LogP) is 5.81. The summed E-state index contributed by atoms with van der Waals surface area (Å²) in [7, 11) is 0. The van der Waals surface area contributed by atoms with E-state index in [1.54, 1.807) is 19.1 Å². The fourth-order valence-corrected chi connectivity index (χ4v) is 4.45. The highest BCUT2D eigenvalue weighted by atomic mass is 19.2. The van der Waals surface area contributed by atoms with Gasteiger partial charge in [0.25, 0.3) is 0 Å². The second-order valence-corrected chi connectivity index (χ2v) is 7.20. The average molecular weight is 292 g/mol.